The summed E-state index contributed by atoms with van der Waals surface area (Å²) in [4.78, 5) is 19.5. The maximum absolute atomic E-state index is 13.2. The molecule has 0 bridgehead atoms. The normalized spacial score (nSPS) is 21.6. The summed E-state index contributed by atoms with van der Waals surface area (Å²) in [6.07, 6.45) is 11.5. The van der Waals surface area contributed by atoms with E-state index in [1.54, 1.807) is 12.4 Å². The molecule has 1 atom stereocenters. The molecule has 1 saturated carbocycles. The second-order valence-corrected chi connectivity index (χ2v) is 9.15. The summed E-state index contributed by atoms with van der Waals surface area (Å²) in [7, 11) is 0. The summed E-state index contributed by atoms with van der Waals surface area (Å²) in [6, 6.07) is 1.94. The molecular formula is C22H31N5O. The molecule has 2 aliphatic rings. The van der Waals surface area contributed by atoms with Gasteiger partial charge < -0.3 is 9.47 Å². The Hall–Kier alpha value is -2.24. The molecule has 2 aromatic heterocycles. The van der Waals surface area contributed by atoms with Crippen LogP contribution in [-0.4, -0.2) is 43.6 Å². The molecule has 1 saturated heterocycles. The minimum Gasteiger partial charge on any atom is -0.337 e. The van der Waals surface area contributed by atoms with Crippen molar-refractivity contribution in [2.45, 2.75) is 65.3 Å². The smallest absolute Gasteiger partial charge is 0.255 e. The number of hydrogen-bond donors (Lipinski definition) is 0. The van der Waals surface area contributed by atoms with E-state index in [0.29, 0.717) is 11.5 Å². The number of carbonyl (C=O) groups is 1. The average molecular weight is 382 g/mol. The van der Waals surface area contributed by atoms with E-state index in [2.05, 4.69) is 33.6 Å². The zero-order valence-electron chi connectivity index (χ0n) is 17.3. The van der Waals surface area contributed by atoms with E-state index in [1.807, 2.05) is 24.2 Å². The highest BCUT2D eigenvalue weighted by atomic mass is 16.2. The third-order valence-electron chi connectivity index (χ3n) is 6.43. The van der Waals surface area contributed by atoms with Crippen molar-refractivity contribution in [3.8, 4) is 0 Å². The van der Waals surface area contributed by atoms with Gasteiger partial charge in [0.2, 0.25) is 0 Å². The van der Waals surface area contributed by atoms with Gasteiger partial charge in [-0.3, -0.25) is 9.78 Å². The van der Waals surface area contributed by atoms with Crippen LogP contribution in [0.3, 0.4) is 0 Å². The van der Waals surface area contributed by atoms with E-state index < -0.39 is 0 Å². The van der Waals surface area contributed by atoms with Crippen molar-refractivity contribution in [2.24, 2.45) is 11.3 Å². The van der Waals surface area contributed by atoms with Gasteiger partial charge in [0, 0.05) is 37.9 Å². The minimum atomic E-state index is 0.0959. The van der Waals surface area contributed by atoms with Crippen molar-refractivity contribution in [3.05, 3.63) is 41.7 Å². The number of pyridine rings is 1. The zero-order valence-corrected chi connectivity index (χ0v) is 17.3. The van der Waals surface area contributed by atoms with Crippen LogP contribution in [0.1, 0.15) is 73.6 Å². The molecular weight excluding hydrogens is 350 g/mol. The lowest BCUT2D eigenvalue weighted by Gasteiger charge is -2.37. The molecule has 1 amide bonds. The Bertz CT molecular complexity index is 837. The monoisotopic (exact) mass is 381 g/mol. The molecule has 3 heterocycles. The van der Waals surface area contributed by atoms with Crippen molar-refractivity contribution >= 4 is 5.91 Å². The summed E-state index contributed by atoms with van der Waals surface area (Å²) in [5.74, 6) is 1.96. The van der Waals surface area contributed by atoms with Crippen molar-refractivity contribution in [1.29, 1.82) is 0 Å². The van der Waals surface area contributed by atoms with Crippen LogP contribution in [-0.2, 0) is 6.54 Å². The molecule has 0 N–H and O–H groups in total. The number of likely N-dealkylation sites (tertiary alicyclic amines) is 1. The van der Waals surface area contributed by atoms with Gasteiger partial charge in [-0.05, 0) is 42.7 Å². The lowest BCUT2D eigenvalue weighted by molar-refractivity contribution is 0.0757. The molecule has 6 nitrogen and oxygen atoms in total. The second-order valence-electron chi connectivity index (χ2n) is 9.15. The first-order valence-corrected chi connectivity index (χ1v) is 10.6. The van der Waals surface area contributed by atoms with Gasteiger partial charge in [0.1, 0.15) is 12.2 Å². The van der Waals surface area contributed by atoms with Gasteiger partial charge in [0.15, 0.2) is 0 Å². The maximum atomic E-state index is 13.2. The number of nitrogens with zero attached hydrogens (tertiary/aromatic N) is 5. The Labute approximate surface area is 167 Å². The van der Waals surface area contributed by atoms with Gasteiger partial charge in [0.05, 0.1) is 5.56 Å². The molecule has 0 radical (unpaired) electrons. The quantitative estimate of drug-likeness (QED) is 0.807. The lowest BCUT2D eigenvalue weighted by Crippen LogP contribution is -2.34. The van der Waals surface area contributed by atoms with Crippen molar-refractivity contribution in [3.63, 3.8) is 0 Å². The van der Waals surface area contributed by atoms with Crippen LogP contribution < -0.4 is 0 Å². The predicted molar refractivity (Wildman–Crippen MR) is 108 cm³/mol. The fourth-order valence-corrected chi connectivity index (χ4v) is 5.16. The van der Waals surface area contributed by atoms with Crippen molar-refractivity contribution in [2.75, 3.05) is 13.1 Å². The van der Waals surface area contributed by atoms with Crippen LogP contribution in [0, 0.1) is 18.3 Å². The van der Waals surface area contributed by atoms with Crippen LogP contribution >= 0.6 is 0 Å². The first kappa shape index (κ1) is 19.1. The molecule has 1 aliphatic heterocycles. The number of aryl methyl sites for hydroxylation is 1. The second kappa shape index (κ2) is 7.64. The van der Waals surface area contributed by atoms with Crippen LogP contribution in [0.2, 0.25) is 0 Å². The standard InChI is InChI=1S/C22H31N5O/c1-16(2)12-27-15-24-25-20(27)19-13-26(14-22(19)7-5-4-6-8-22)21(28)18-9-17(3)10-23-11-18/h9-11,15-16,19H,4-8,12-14H2,1-3H3. The van der Waals surface area contributed by atoms with Crippen LogP contribution in [0.5, 0.6) is 0 Å². The highest BCUT2D eigenvalue weighted by molar-refractivity contribution is 5.94. The average Bonchev–Trinajstić information content (AvgIpc) is 3.26. The Morgan fingerprint density at radius 2 is 2.04 bits per heavy atom. The van der Waals surface area contributed by atoms with Crippen molar-refractivity contribution < 1.29 is 4.79 Å². The van der Waals surface area contributed by atoms with E-state index in [-0.39, 0.29) is 17.2 Å². The van der Waals surface area contributed by atoms with E-state index >= 15 is 0 Å². The first-order valence-electron chi connectivity index (χ1n) is 10.6. The van der Waals surface area contributed by atoms with E-state index in [9.17, 15) is 4.79 Å². The number of carbonyl (C=O) groups excluding carboxylic acids is 1. The van der Waals surface area contributed by atoms with Crippen LogP contribution in [0.25, 0.3) is 0 Å². The molecule has 6 heteroatoms. The fourth-order valence-electron chi connectivity index (χ4n) is 5.16. The lowest BCUT2D eigenvalue weighted by atomic mass is 9.67. The molecule has 0 aromatic carbocycles. The fraction of sp³-hybridized carbons (Fsp3) is 0.636. The van der Waals surface area contributed by atoms with Crippen LogP contribution in [0.15, 0.2) is 24.8 Å². The highest BCUT2D eigenvalue weighted by Crippen LogP contribution is 2.51. The Morgan fingerprint density at radius 3 is 2.75 bits per heavy atom. The van der Waals surface area contributed by atoms with Crippen LogP contribution in [0.4, 0.5) is 0 Å². The summed E-state index contributed by atoms with van der Waals surface area (Å²) in [5.41, 5.74) is 1.84. The van der Waals surface area contributed by atoms with E-state index in [1.165, 1.54) is 32.1 Å². The van der Waals surface area contributed by atoms with E-state index in [4.69, 9.17) is 0 Å². The number of amides is 1. The molecule has 4 rings (SSSR count). The van der Waals surface area contributed by atoms with Gasteiger partial charge in [-0.2, -0.15) is 0 Å². The summed E-state index contributed by atoms with van der Waals surface area (Å²) < 4.78 is 2.22. The van der Waals surface area contributed by atoms with Gasteiger partial charge in [-0.25, -0.2) is 0 Å². The topological polar surface area (TPSA) is 63.9 Å². The molecule has 2 fully saturated rings. The molecule has 28 heavy (non-hydrogen) atoms. The molecule has 1 spiro atoms. The van der Waals surface area contributed by atoms with Gasteiger partial charge in [-0.1, -0.05) is 33.1 Å². The first-order chi connectivity index (χ1) is 13.5. The van der Waals surface area contributed by atoms with E-state index in [0.717, 1.165) is 31.0 Å². The minimum absolute atomic E-state index is 0.0959. The predicted octanol–water partition coefficient (Wildman–Crippen LogP) is 3.83. The number of aromatic nitrogens is 4. The third-order valence-corrected chi connectivity index (χ3v) is 6.43. The zero-order chi connectivity index (χ0) is 19.7. The van der Waals surface area contributed by atoms with Gasteiger partial charge in [-0.15, -0.1) is 10.2 Å². The molecule has 1 aliphatic carbocycles. The third kappa shape index (κ3) is 3.56. The molecule has 150 valence electrons. The molecule has 1 unspecified atom stereocenters. The van der Waals surface area contributed by atoms with Crippen molar-refractivity contribution in [1.82, 2.24) is 24.6 Å². The number of rotatable bonds is 4. The Balaban J connectivity index is 1.65. The summed E-state index contributed by atoms with van der Waals surface area (Å²) in [5, 5.41) is 8.78. The highest BCUT2D eigenvalue weighted by Gasteiger charge is 2.50. The van der Waals surface area contributed by atoms with Gasteiger partial charge in [0.25, 0.3) is 5.91 Å². The SMILES string of the molecule is Cc1cncc(C(=O)N2CC(c3nncn3CC(C)C)C3(CCCCC3)C2)c1. The number of hydrogen-bond acceptors (Lipinski definition) is 4. The molecule has 2 aromatic rings. The summed E-state index contributed by atoms with van der Waals surface area (Å²) >= 11 is 0. The maximum Gasteiger partial charge on any atom is 0.255 e. The Morgan fingerprint density at radius 1 is 1.25 bits per heavy atom. The largest absolute Gasteiger partial charge is 0.337 e. The van der Waals surface area contributed by atoms with Gasteiger partial charge >= 0.3 is 0 Å². The Kier molecular flexibility index (Phi) is 5.21. The summed E-state index contributed by atoms with van der Waals surface area (Å²) in [6.45, 7) is 8.88.